The summed E-state index contributed by atoms with van der Waals surface area (Å²) < 4.78 is 0. The molecule has 0 heterocycles. The lowest BCUT2D eigenvalue weighted by Crippen LogP contribution is -2.43. The molecular weight excluding hydrogens is 184 g/mol. The monoisotopic (exact) mass is 212 g/mol. The van der Waals surface area contributed by atoms with Crippen molar-refractivity contribution in [3.8, 4) is 0 Å². The number of hydrogen-bond donors (Lipinski definition) is 1. The highest BCUT2D eigenvalue weighted by Gasteiger charge is 2.29. The first-order valence-corrected chi connectivity index (χ1v) is 6.70. The van der Waals surface area contributed by atoms with Gasteiger partial charge in [0.15, 0.2) is 0 Å². The van der Waals surface area contributed by atoms with Crippen molar-refractivity contribution >= 4 is 0 Å². The molecule has 2 nitrogen and oxygen atoms in total. The number of hydrogen-bond acceptors (Lipinski definition) is 2. The van der Waals surface area contributed by atoms with Gasteiger partial charge in [-0.3, -0.25) is 4.90 Å². The first-order valence-electron chi connectivity index (χ1n) is 6.70. The van der Waals surface area contributed by atoms with Gasteiger partial charge >= 0.3 is 0 Å². The summed E-state index contributed by atoms with van der Waals surface area (Å²) >= 11 is 0. The van der Waals surface area contributed by atoms with Gasteiger partial charge < -0.3 is 5.32 Å². The molecule has 0 saturated heterocycles. The second kappa shape index (κ2) is 6.49. The molecule has 0 bridgehead atoms. The molecule has 1 N–H and O–H groups in total. The van der Waals surface area contributed by atoms with E-state index in [9.17, 15) is 0 Å². The highest BCUT2D eigenvalue weighted by Crippen LogP contribution is 2.33. The van der Waals surface area contributed by atoms with Crippen molar-refractivity contribution in [3.63, 3.8) is 0 Å². The van der Waals surface area contributed by atoms with Crippen molar-refractivity contribution in [3.05, 3.63) is 0 Å². The minimum atomic E-state index is 0.674. The summed E-state index contributed by atoms with van der Waals surface area (Å²) in [6, 6.07) is 1.45. The van der Waals surface area contributed by atoms with Crippen molar-refractivity contribution in [1.29, 1.82) is 0 Å². The molecule has 0 amide bonds. The van der Waals surface area contributed by atoms with E-state index in [0.29, 0.717) is 6.04 Å². The Morgan fingerprint density at radius 2 is 1.80 bits per heavy atom. The van der Waals surface area contributed by atoms with Crippen molar-refractivity contribution in [2.45, 2.75) is 59.0 Å². The molecule has 1 aliphatic carbocycles. The molecule has 1 fully saturated rings. The standard InChI is InChI=1S/C13H28N2/c1-5-13(12-8-9-12)14-10-11(4)15(6-2)7-3/h11-14H,5-10H2,1-4H3. The van der Waals surface area contributed by atoms with Gasteiger partial charge in [0.2, 0.25) is 0 Å². The Kier molecular flexibility index (Phi) is 5.62. The van der Waals surface area contributed by atoms with E-state index in [-0.39, 0.29) is 0 Å². The molecule has 0 aliphatic heterocycles. The van der Waals surface area contributed by atoms with E-state index >= 15 is 0 Å². The molecule has 1 saturated carbocycles. The number of likely N-dealkylation sites (N-methyl/N-ethyl adjacent to an activating group) is 1. The molecule has 0 spiro atoms. The maximum absolute atomic E-state index is 3.74. The van der Waals surface area contributed by atoms with Crippen molar-refractivity contribution in [2.24, 2.45) is 5.92 Å². The Hall–Kier alpha value is -0.0800. The zero-order valence-electron chi connectivity index (χ0n) is 10.9. The SMILES string of the molecule is CCC(NCC(C)N(CC)CC)C1CC1. The van der Waals surface area contributed by atoms with E-state index in [1.54, 1.807) is 0 Å². The van der Waals surface area contributed by atoms with Crippen LogP contribution in [0.3, 0.4) is 0 Å². The van der Waals surface area contributed by atoms with E-state index in [1.807, 2.05) is 0 Å². The molecule has 0 aromatic rings. The topological polar surface area (TPSA) is 15.3 Å². The van der Waals surface area contributed by atoms with E-state index in [0.717, 1.165) is 18.5 Å². The minimum Gasteiger partial charge on any atom is -0.312 e. The fourth-order valence-electron chi connectivity index (χ4n) is 2.44. The van der Waals surface area contributed by atoms with Gasteiger partial charge in [0.05, 0.1) is 0 Å². The van der Waals surface area contributed by atoms with Gasteiger partial charge in [0.25, 0.3) is 0 Å². The van der Waals surface area contributed by atoms with Gasteiger partial charge in [0.1, 0.15) is 0 Å². The lowest BCUT2D eigenvalue weighted by atomic mass is 10.1. The van der Waals surface area contributed by atoms with Crippen molar-refractivity contribution in [2.75, 3.05) is 19.6 Å². The fraction of sp³-hybridized carbons (Fsp3) is 1.00. The fourth-order valence-corrected chi connectivity index (χ4v) is 2.44. The average Bonchev–Trinajstić information content (AvgIpc) is 3.05. The summed E-state index contributed by atoms with van der Waals surface area (Å²) in [5, 5.41) is 3.74. The van der Waals surface area contributed by atoms with Gasteiger partial charge in [-0.1, -0.05) is 20.8 Å². The molecule has 0 radical (unpaired) electrons. The van der Waals surface area contributed by atoms with Gasteiger partial charge in [0, 0.05) is 18.6 Å². The number of rotatable bonds is 8. The number of nitrogens with zero attached hydrogens (tertiary/aromatic N) is 1. The molecule has 2 heteroatoms. The maximum Gasteiger partial charge on any atom is 0.0192 e. The summed E-state index contributed by atoms with van der Waals surface area (Å²) in [5.41, 5.74) is 0. The van der Waals surface area contributed by atoms with E-state index < -0.39 is 0 Å². The quantitative estimate of drug-likeness (QED) is 0.665. The zero-order chi connectivity index (χ0) is 11.3. The largest absolute Gasteiger partial charge is 0.312 e. The van der Waals surface area contributed by atoms with E-state index in [2.05, 4.69) is 37.9 Å². The predicted molar refractivity (Wildman–Crippen MR) is 67.2 cm³/mol. The first kappa shape index (κ1) is 13.0. The zero-order valence-corrected chi connectivity index (χ0v) is 10.9. The molecule has 0 aromatic carbocycles. The average molecular weight is 212 g/mol. The second-order valence-corrected chi connectivity index (χ2v) is 4.83. The van der Waals surface area contributed by atoms with Crippen LogP contribution in [0.2, 0.25) is 0 Å². The van der Waals surface area contributed by atoms with Crippen molar-refractivity contribution in [1.82, 2.24) is 10.2 Å². The molecule has 2 unspecified atom stereocenters. The van der Waals surface area contributed by atoms with E-state index in [1.165, 1.54) is 32.4 Å². The summed E-state index contributed by atoms with van der Waals surface area (Å²) in [4.78, 5) is 2.52. The highest BCUT2D eigenvalue weighted by atomic mass is 15.2. The molecule has 1 rings (SSSR count). The normalized spacial score (nSPS) is 20.6. The lowest BCUT2D eigenvalue weighted by molar-refractivity contribution is 0.218. The van der Waals surface area contributed by atoms with Gasteiger partial charge in [-0.2, -0.15) is 0 Å². The van der Waals surface area contributed by atoms with Crippen LogP contribution in [0.5, 0.6) is 0 Å². The summed E-state index contributed by atoms with van der Waals surface area (Å²) in [7, 11) is 0. The van der Waals surface area contributed by atoms with Gasteiger partial charge in [-0.15, -0.1) is 0 Å². The molecule has 15 heavy (non-hydrogen) atoms. The third kappa shape index (κ3) is 4.12. The van der Waals surface area contributed by atoms with Gasteiger partial charge in [-0.25, -0.2) is 0 Å². The first-order chi connectivity index (χ1) is 7.22. The maximum atomic E-state index is 3.74. The van der Waals surface area contributed by atoms with Crippen LogP contribution in [0.15, 0.2) is 0 Å². The molecule has 90 valence electrons. The van der Waals surface area contributed by atoms with Crippen LogP contribution in [0.4, 0.5) is 0 Å². The van der Waals surface area contributed by atoms with Crippen LogP contribution in [0.1, 0.15) is 47.0 Å². The van der Waals surface area contributed by atoms with Crippen LogP contribution in [0, 0.1) is 5.92 Å². The molecule has 2 atom stereocenters. The Labute approximate surface area is 95.4 Å². The Balaban J connectivity index is 2.21. The highest BCUT2D eigenvalue weighted by molar-refractivity contribution is 4.86. The van der Waals surface area contributed by atoms with Gasteiger partial charge in [-0.05, 0) is 45.2 Å². The van der Waals surface area contributed by atoms with Crippen LogP contribution in [-0.4, -0.2) is 36.6 Å². The van der Waals surface area contributed by atoms with Crippen LogP contribution in [-0.2, 0) is 0 Å². The molecule has 0 aromatic heterocycles. The van der Waals surface area contributed by atoms with E-state index in [4.69, 9.17) is 0 Å². The third-order valence-electron chi connectivity index (χ3n) is 3.74. The molecule has 1 aliphatic rings. The third-order valence-corrected chi connectivity index (χ3v) is 3.74. The Morgan fingerprint density at radius 1 is 1.20 bits per heavy atom. The summed E-state index contributed by atoms with van der Waals surface area (Å²) in [6.07, 6.45) is 4.19. The second-order valence-electron chi connectivity index (χ2n) is 4.83. The van der Waals surface area contributed by atoms with Crippen LogP contribution in [0.25, 0.3) is 0 Å². The van der Waals surface area contributed by atoms with Crippen LogP contribution >= 0.6 is 0 Å². The Bertz CT molecular complexity index is 162. The smallest absolute Gasteiger partial charge is 0.0192 e. The number of nitrogens with one attached hydrogen (secondary N) is 1. The Morgan fingerprint density at radius 3 is 2.20 bits per heavy atom. The molecular formula is C13H28N2. The lowest BCUT2D eigenvalue weighted by Gasteiger charge is -2.28. The predicted octanol–water partition coefficient (Wildman–Crippen LogP) is 2.49. The minimum absolute atomic E-state index is 0.674. The summed E-state index contributed by atoms with van der Waals surface area (Å²) in [5.74, 6) is 0.985. The summed E-state index contributed by atoms with van der Waals surface area (Å²) in [6.45, 7) is 12.6. The van der Waals surface area contributed by atoms with Crippen LogP contribution < -0.4 is 5.32 Å². The van der Waals surface area contributed by atoms with Crippen molar-refractivity contribution < 1.29 is 0 Å².